The molecule has 0 bridgehead atoms. The van der Waals surface area contributed by atoms with Gasteiger partial charge in [0.1, 0.15) is 6.61 Å². The molecule has 0 atom stereocenters. The smallest absolute Gasteiger partial charge is 0.305 e. The van der Waals surface area contributed by atoms with Crippen molar-refractivity contribution in [2.45, 2.75) is 97.3 Å². The summed E-state index contributed by atoms with van der Waals surface area (Å²) in [6, 6.07) is 0. The van der Waals surface area contributed by atoms with Crippen LogP contribution < -0.4 is 0 Å². The molecule has 0 aliphatic carbocycles. The number of carbonyl (C=O) groups excluding carboxylic acids is 1. The predicted octanol–water partition coefficient (Wildman–Crippen LogP) is 5.69. The van der Waals surface area contributed by atoms with E-state index in [0.29, 0.717) is 46.1 Å². The molecule has 0 radical (unpaired) electrons. The van der Waals surface area contributed by atoms with E-state index in [2.05, 4.69) is 6.92 Å². The van der Waals surface area contributed by atoms with E-state index >= 15 is 0 Å². The Bertz CT molecular complexity index is 309. The first-order valence-electron chi connectivity index (χ1n) is 11.7. The normalized spacial score (nSPS) is 11.1. The largest absolute Gasteiger partial charge is 0.463 e. The van der Waals surface area contributed by atoms with E-state index in [-0.39, 0.29) is 5.97 Å². The van der Waals surface area contributed by atoms with E-state index in [1.807, 2.05) is 6.92 Å². The fourth-order valence-electron chi connectivity index (χ4n) is 2.90. The van der Waals surface area contributed by atoms with Crippen LogP contribution in [0.25, 0.3) is 0 Å². The lowest BCUT2D eigenvalue weighted by molar-refractivity contribution is -0.145. The molecule has 28 heavy (non-hydrogen) atoms. The zero-order valence-corrected chi connectivity index (χ0v) is 18.7. The summed E-state index contributed by atoms with van der Waals surface area (Å²) >= 11 is 0. The minimum Gasteiger partial charge on any atom is -0.463 e. The van der Waals surface area contributed by atoms with Gasteiger partial charge in [0.15, 0.2) is 0 Å². The van der Waals surface area contributed by atoms with E-state index < -0.39 is 0 Å². The predicted molar refractivity (Wildman–Crippen MR) is 115 cm³/mol. The zero-order valence-electron chi connectivity index (χ0n) is 18.7. The molecule has 0 aromatic rings. The second kappa shape index (κ2) is 24.4. The van der Waals surface area contributed by atoms with Crippen molar-refractivity contribution >= 4 is 5.97 Å². The lowest BCUT2D eigenvalue weighted by atomic mass is 10.1. The highest BCUT2D eigenvalue weighted by molar-refractivity contribution is 5.69. The van der Waals surface area contributed by atoms with Crippen molar-refractivity contribution in [2.75, 3.05) is 46.2 Å². The molecule has 5 heteroatoms. The first kappa shape index (κ1) is 27.4. The van der Waals surface area contributed by atoms with Crippen LogP contribution in [0.2, 0.25) is 0 Å². The quantitative estimate of drug-likeness (QED) is 0.162. The van der Waals surface area contributed by atoms with Crippen molar-refractivity contribution in [2.24, 2.45) is 0 Å². The monoisotopic (exact) mass is 402 g/mol. The average molecular weight is 403 g/mol. The first-order valence-corrected chi connectivity index (χ1v) is 11.7. The molecule has 0 aliphatic heterocycles. The average Bonchev–Trinajstić information content (AvgIpc) is 2.69. The maximum absolute atomic E-state index is 11.1. The van der Waals surface area contributed by atoms with Crippen molar-refractivity contribution in [1.82, 2.24) is 0 Å². The molecule has 0 fully saturated rings. The summed E-state index contributed by atoms with van der Waals surface area (Å²) < 4.78 is 21.4. The van der Waals surface area contributed by atoms with Crippen LogP contribution in [-0.4, -0.2) is 52.2 Å². The second-order valence-electron chi connectivity index (χ2n) is 7.34. The number of unbranched alkanes of at least 4 members (excludes halogenated alkanes) is 10. The maximum atomic E-state index is 11.1. The minimum atomic E-state index is -0.155. The molecule has 0 unspecified atom stereocenters. The van der Waals surface area contributed by atoms with Crippen molar-refractivity contribution < 1.29 is 23.7 Å². The Morgan fingerprint density at radius 2 is 0.929 bits per heavy atom. The molecule has 0 heterocycles. The molecule has 5 nitrogen and oxygen atoms in total. The van der Waals surface area contributed by atoms with Gasteiger partial charge in [-0.15, -0.1) is 0 Å². The van der Waals surface area contributed by atoms with Crippen LogP contribution in [0.5, 0.6) is 0 Å². The van der Waals surface area contributed by atoms with Gasteiger partial charge in [-0.3, -0.25) is 4.79 Å². The third-order valence-electron chi connectivity index (χ3n) is 4.58. The van der Waals surface area contributed by atoms with E-state index in [4.69, 9.17) is 18.9 Å². The van der Waals surface area contributed by atoms with Crippen molar-refractivity contribution in [3.05, 3.63) is 0 Å². The Balaban J connectivity index is 3.02. The summed E-state index contributed by atoms with van der Waals surface area (Å²) in [5.41, 5.74) is 0. The Hall–Kier alpha value is -0.650. The molecule has 0 spiro atoms. The van der Waals surface area contributed by atoms with Crippen LogP contribution in [0.15, 0.2) is 0 Å². The Morgan fingerprint density at radius 3 is 1.43 bits per heavy atom. The molecule has 168 valence electrons. The van der Waals surface area contributed by atoms with E-state index in [1.165, 1.54) is 64.2 Å². The number of ether oxygens (including phenoxy) is 4. The van der Waals surface area contributed by atoms with Crippen molar-refractivity contribution in [3.8, 4) is 0 Å². The lowest BCUT2D eigenvalue weighted by Crippen LogP contribution is -2.13. The van der Waals surface area contributed by atoms with Gasteiger partial charge in [-0.1, -0.05) is 78.1 Å². The van der Waals surface area contributed by atoms with E-state index in [1.54, 1.807) is 0 Å². The first-order chi connectivity index (χ1) is 13.8. The molecule has 0 rings (SSSR count). The Labute approximate surface area is 173 Å². The number of hydrogen-bond donors (Lipinski definition) is 0. The molecule has 0 saturated carbocycles. The summed E-state index contributed by atoms with van der Waals surface area (Å²) in [6.45, 7) is 8.12. The standard InChI is InChI=1S/C23H46O5/c1-3-5-6-7-8-9-10-11-12-13-14-16-25-17-18-26-19-20-27-21-22-28-23(24)15-4-2/h3-22H2,1-2H3. The van der Waals surface area contributed by atoms with Crippen molar-refractivity contribution in [3.63, 3.8) is 0 Å². The highest BCUT2D eigenvalue weighted by Gasteiger charge is 1.99. The highest BCUT2D eigenvalue weighted by Crippen LogP contribution is 2.11. The van der Waals surface area contributed by atoms with Crippen molar-refractivity contribution in [1.29, 1.82) is 0 Å². The summed E-state index contributed by atoms with van der Waals surface area (Å²) in [7, 11) is 0. The van der Waals surface area contributed by atoms with Crippen LogP contribution in [0.4, 0.5) is 0 Å². The molecule has 0 saturated heterocycles. The summed E-state index contributed by atoms with van der Waals surface area (Å²) in [6.07, 6.45) is 16.2. The molecule has 0 amide bonds. The third-order valence-corrected chi connectivity index (χ3v) is 4.58. The fraction of sp³-hybridized carbons (Fsp3) is 0.957. The molecule has 0 aliphatic rings. The minimum absolute atomic E-state index is 0.155. The zero-order chi connectivity index (χ0) is 20.5. The maximum Gasteiger partial charge on any atom is 0.305 e. The molecule has 0 aromatic heterocycles. The Kier molecular flexibility index (Phi) is 23.8. The van der Waals surface area contributed by atoms with Crippen LogP contribution in [0.1, 0.15) is 97.3 Å². The van der Waals surface area contributed by atoms with Gasteiger partial charge in [0.25, 0.3) is 0 Å². The van der Waals surface area contributed by atoms with Gasteiger partial charge < -0.3 is 18.9 Å². The van der Waals surface area contributed by atoms with Crippen LogP contribution in [0, 0.1) is 0 Å². The molecule has 0 N–H and O–H groups in total. The molecular weight excluding hydrogens is 356 g/mol. The topological polar surface area (TPSA) is 54.0 Å². The van der Waals surface area contributed by atoms with Crippen LogP contribution in [-0.2, 0) is 23.7 Å². The van der Waals surface area contributed by atoms with Gasteiger partial charge in [0, 0.05) is 13.0 Å². The lowest BCUT2D eigenvalue weighted by Gasteiger charge is -2.07. The summed E-state index contributed by atoms with van der Waals surface area (Å²) in [4.78, 5) is 11.1. The van der Waals surface area contributed by atoms with Gasteiger partial charge in [0.2, 0.25) is 0 Å². The molecule has 0 aromatic carbocycles. The second-order valence-corrected chi connectivity index (χ2v) is 7.34. The summed E-state index contributed by atoms with van der Waals surface area (Å²) in [5.74, 6) is -0.155. The SMILES string of the molecule is CCCCCCCCCCCCCOCCOCCOCCOC(=O)CCC. The number of carbonyl (C=O) groups is 1. The highest BCUT2D eigenvalue weighted by atomic mass is 16.6. The number of rotatable bonds is 23. The third kappa shape index (κ3) is 23.4. The summed E-state index contributed by atoms with van der Waals surface area (Å²) in [5, 5.41) is 0. The van der Waals surface area contributed by atoms with Gasteiger partial charge in [-0.05, 0) is 12.8 Å². The number of hydrogen-bond acceptors (Lipinski definition) is 5. The fourth-order valence-corrected chi connectivity index (χ4v) is 2.90. The van der Waals surface area contributed by atoms with E-state index in [0.717, 1.165) is 19.4 Å². The van der Waals surface area contributed by atoms with Crippen LogP contribution >= 0.6 is 0 Å². The van der Waals surface area contributed by atoms with Crippen LogP contribution in [0.3, 0.4) is 0 Å². The number of esters is 1. The van der Waals surface area contributed by atoms with Gasteiger partial charge in [-0.25, -0.2) is 0 Å². The molecular formula is C23H46O5. The van der Waals surface area contributed by atoms with Gasteiger partial charge >= 0.3 is 5.97 Å². The Morgan fingerprint density at radius 1 is 0.500 bits per heavy atom. The van der Waals surface area contributed by atoms with Gasteiger partial charge in [0.05, 0.1) is 33.0 Å². The van der Waals surface area contributed by atoms with E-state index in [9.17, 15) is 4.79 Å². The van der Waals surface area contributed by atoms with Gasteiger partial charge in [-0.2, -0.15) is 0 Å².